The summed E-state index contributed by atoms with van der Waals surface area (Å²) in [5, 5.41) is 5.24. The van der Waals surface area contributed by atoms with Gasteiger partial charge in [0.2, 0.25) is 5.78 Å². The number of anilines is 1. The number of ketones is 1. The van der Waals surface area contributed by atoms with E-state index >= 15 is 0 Å². The molecule has 0 bridgehead atoms. The number of para-hydroxylation sites is 1. The fourth-order valence-corrected chi connectivity index (χ4v) is 3.63. The van der Waals surface area contributed by atoms with Crippen molar-refractivity contribution in [1.82, 2.24) is 9.88 Å². The smallest absolute Gasteiger partial charge is 0.319 e. The lowest BCUT2D eigenvalue weighted by atomic mass is 10.1. The highest BCUT2D eigenvalue weighted by Gasteiger charge is 2.21. The van der Waals surface area contributed by atoms with Gasteiger partial charge < -0.3 is 24.7 Å². The summed E-state index contributed by atoms with van der Waals surface area (Å²) in [6.07, 6.45) is 2.24. The van der Waals surface area contributed by atoms with Crippen LogP contribution in [0.5, 0.6) is 0 Å². The number of urea groups is 1. The molecule has 0 unspecified atom stereocenters. The topological polar surface area (TPSA) is 98.7 Å². The van der Waals surface area contributed by atoms with Crippen molar-refractivity contribution in [2.45, 2.75) is 45.8 Å². The summed E-state index contributed by atoms with van der Waals surface area (Å²) in [6, 6.07) is 10.4. The molecule has 0 aliphatic carbocycles. The summed E-state index contributed by atoms with van der Waals surface area (Å²) in [5.41, 5.74) is 3.05. The van der Waals surface area contributed by atoms with Crippen LogP contribution in [0.1, 0.15) is 41.0 Å². The number of hydrogen-bond acceptors (Lipinski definition) is 5. The second kappa shape index (κ2) is 10.8. The summed E-state index contributed by atoms with van der Waals surface area (Å²) in [5.74, 6) is -0.781. The average molecular weight is 428 g/mol. The summed E-state index contributed by atoms with van der Waals surface area (Å²) in [7, 11) is 0. The van der Waals surface area contributed by atoms with Crippen LogP contribution in [-0.2, 0) is 20.8 Å². The zero-order valence-electron chi connectivity index (χ0n) is 18.0. The Balaban J connectivity index is 1.40. The van der Waals surface area contributed by atoms with Gasteiger partial charge in [-0.05, 0) is 44.9 Å². The molecule has 1 aliphatic heterocycles. The van der Waals surface area contributed by atoms with Gasteiger partial charge in [-0.25, -0.2) is 4.79 Å². The van der Waals surface area contributed by atoms with Gasteiger partial charge in [0.15, 0.2) is 6.61 Å². The Bertz CT molecular complexity index is 917. The third kappa shape index (κ3) is 6.42. The second-order valence-electron chi connectivity index (χ2n) is 7.61. The van der Waals surface area contributed by atoms with Crippen LogP contribution in [0.3, 0.4) is 0 Å². The zero-order valence-corrected chi connectivity index (χ0v) is 18.0. The molecule has 166 valence electrons. The first kappa shape index (κ1) is 22.6. The van der Waals surface area contributed by atoms with Crippen molar-refractivity contribution in [3.63, 3.8) is 0 Å². The molecule has 8 heteroatoms. The number of nitrogens with one attached hydrogen (secondary N) is 2. The molecule has 2 N–H and O–H groups in total. The maximum atomic E-state index is 12.6. The number of benzene rings is 1. The fourth-order valence-electron chi connectivity index (χ4n) is 3.63. The average Bonchev–Trinajstić information content (AvgIpc) is 3.36. The number of hydrogen-bond donors (Lipinski definition) is 2. The van der Waals surface area contributed by atoms with Gasteiger partial charge >= 0.3 is 12.0 Å². The van der Waals surface area contributed by atoms with E-state index in [0.717, 1.165) is 37.4 Å². The second-order valence-corrected chi connectivity index (χ2v) is 7.61. The Morgan fingerprint density at radius 2 is 1.97 bits per heavy atom. The molecule has 8 nitrogen and oxygen atoms in total. The highest BCUT2D eigenvalue weighted by Crippen LogP contribution is 2.20. The predicted molar refractivity (Wildman–Crippen MR) is 116 cm³/mol. The van der Waals surface area contributed by atoms with Crippen LogP contribution < -0.4 is 10.6 Å². The van der Waals surface area contributed by atoms with Crippen LogP contribution >= 0.6 is 0 Å². The lowest BCUT2D eigenvalue weighted by molar-refractivity contribution is -0.142. The van der Waals surface area contributed by atoms with Gasteiger partial charge in [0.05, 0.1) is 12.5 Å². The molecule has 1 atom stereocenters. The predicted octanol–water partition coefficient (Wildman–Crippen LogP) is 3.22. The van der Waals surface area contributed by atoms with E-state index in [0.29, 0.717) is 11.3 Å². The summed E-state index contributed by atoms with van der Waals surface area (Å²) in [4.78, 5) is 36.3. The number of aryl methyl sites for hydroxylation is 1. The van der Waals surface area contributed by atoms with Gasteiger partial charge in [-0.3, -0.25) is 9.59 Å². The lowest BCUT2D eigenvalue weighted by Crippen LogP contribution is -2.31. The van der Waals surface area contributed by atoms with E-state index in [-0.39, 0.29) is 31.5 Å². The zero-order chi connectivity index (χ0) is 22.2. The molecule has 2 heterocycles. The number of Topliss-reactive ketones (excluding diaryl/α,β-unsaturated/α-hetero) is 1. The van der Waals surface area contributed by atoms with Gasteiger partial charge in [0, 0.05) is 42.3 Å². The number of esters is 1. The molecule has 1 saturated heterocycles. The Morgan fingerprint density at radius 1 is 1.19 bits per heavy atom. The third-order valence-electron chi connectivity index (χ3n) is 5.29. The van der Waals surface area contributed by atoms with E-state index in [2.05, 4.69) is 15.2 Å². The summed E-state index contributed by atoms with van der Waals surface area (Å²) >= 11 is 0. The fraction of sp³-hybridized carbons (Fsp3) is 0.435. The van der Waals surface area contributed by atoms with Crippen molar-refractivity contribution in [3.8, 4) is 0 Å². The van der Waals surface area contributed by atoms with E-state index < -0.39 is 12.0 Å². The number of nitrogens with zero attached hydrogens (tertiary/aromatic N) is 1. The van der Waals surface area contributed by atoms with Crippen LogP contribution in [0.2, 0.25) is 0 Å². The van der Waals surface area contributed by atoms with E-state index in [1.165, 1.54) is 0 Å². The molecule has 0 radical (unpaired) electrons. The number of rotatable bonds is 9. The lowest BCUT2D eigenvalue weighted by Gasteiger charge is -2.14. The minimum Gasteiger partial charge on any atom is -0.457 e. The van der Waals surface area contributed by atoms with E-state index in [1.807, 2.05) is 38.1 Å². The summed E-state index contributed by atoms with van der Waals surface area (Å²) < 4.78 is 12.9. The van der Waals surface area contributed by atoms with Gasteiger partial charge in [-0.1, -0.05) is 18.2 Å². The van der Waals surface area contributed by atoms with Crippen LogP contribution in [0.15, 0.2) is 36.4 Å². The van der Waals surface area contributed by atoms with Crippen molar-refractivity contribution in [2.75, 3.05) is 25.1 Å². The molecule has 1 aromatic carbocycles. The molecule has 1 aliphatic rings. The Kier molecular flexibility index (Phi) is 7.83. The van der Waals surface area contributed by atoms with Crippen molar-refractivity contribution in [3.05, 3.63) is 53.3 Å². The number of carbonyl (C=O) groups is 3. The standard InChI is InChI=1S/C23H29N3O5/c1-16-13-20(17(2)26(16)14-19-9-6-12-30-19)21(27)15-31-22(28)10-11-24-23(29)25-18-7-4-3-5-8-18/h3-5,7-8,13,19H,6,9-12,14-15H2,1-2H3,(H2,24,25,29)/t19-/m1/s1. The third-order valence-corrected chi connectivity index (χ3v) is 5.29. The molecule has 1 aromatic heterocycles. The molecular weight excluding hydrogens is 398 g/mol. The van der Waals surface area contributed by atoms with Crippen molar-refractivity contribution >= 4 is 23.5 Å². The highest BCUT2D eigenvalue weighted by molar-refractivity contribution is 5.99. The Labute approximate surface area is 181 Å². The number of amides is 2. The van der Waals surface area contributed by atoms with Crippen LogP contribution in [0.4, 0.5) is 10.5 Å². The first-order valence-corrected chi connectivity index (χ1v) is 10.5. The molecule has 2 aromatic rings. The van der Waals surface area contributed by atoms with Crippen molar-refractivity contribution in [1.29, 1.82) is 0 Å². The van der Waals surface area contributed by atoms with E-state index in [1.54, 1.807) is 12.1 Å². The maximum absolute atomic E-state index is 12.6. The summed E-state index contributed by atoms with van der Waals surface area (Å²) in [6.45, 7) is 5.15. The van der Waals surface area contributed by atoms with Crippen molar-refractivity contribution < 1.29 is 23.9 Å². The molecule has 0 spiro atoms. The number of aromatic nitrogens is 1. The highest BCUT2D eigenvalue weighted by atomic mass is 16.5. The number of ether oxygens (including phenoxy) is 2. The van der Waals surface area contributed by atoms with E-state index in [9.17, 15) is 14.4 Å². The minimum atomic E-state index is -0.540. The first-order chi connectivity index (χ1) is 14.9. The van der Waals surface area contributed by atoms with Gasteiger partial charge in [0.25, 0.3) is 0 Å². The van der Waals surface area contributed by atoms with Gasteiger partial charge in [-0.15, -0.1) is 0 Å². The number of carbonyl (C=O) groups excluding carboxylic acids is 3. The monoisotopic (exact) mass is 427 g/mol. The molecular formula is C23H29N3O5. The van der Waals surface area contributed by atoms with Crippen LogP contribution in [-0.4, -0.2) is 48.2 Å². The van der Waals surface area contributed by atoms with Gasteiger partial charge in [-0.2, -0.15) is 0 Å². The largest absolute Gasteiger partial charge is 0.457 e. The maximum Gasteiger partial charge on any atom is 0.319 e. The Hall–Kier alpha value is -3.13. The Morgan fingerprint density at radius 3 is 2.68 bits per heavy atom. The van der Waals surface area contributed by atoms with Crippen molar-refractivity contribution in [2.24, 2.45) is 0 Å². The SMILES string of the molecule is Cc1cc(C(=O)COC(=O)CCNC(=O)Nc2ccccc2)c(C)n1C[C@H]1CCCO1. The molecule has 0 saturated carbocycles. The van der Waals surface area contributed by atoms with E-state index in [4.69, 9.17) is 9.47 Å². The normalized spacial score (nSPS) is 15.5. The molecule has 1 fully saturated rings. The first-order valence-electron chi connectivity index (χ1n) is 10.5. The molecule has 3 rings (SSSR count). The molecule has 2 amide bonds. The van der Waals surface area contributed by atoms with Crippen LogP contribution in [0, 0.1) is 13.8 Å². The molecule has 31 heavy (non-hydrogen) atoms. The minimum absolute atomic E-state index is 0.0203. The quantitative estimate of drug-likeness (QED) is 0.473. The van der Waals surface area contributed by atoms with Crippen LogP contribution in [0.25, 0.3) is 0 Å². The van der Waals surface area contributed by atoms with Gasteiger partial charge in [0.1, 0.15) is 0 Å².